The molecule has 2 aliphatic rings. The topological polar surface area (TPSA) is 75.7 Å². The summed E-state index contributed by atoms with van der Waals surface area (Å²) < 4.78 is 5.39. The van der Waals surface area contributed by atoms with E-state index < -0.39 is 17.4 Å². The van der Waals surface area contributed by atoms with Crippen LogP contribution in [-0.4, -0.2) is 47.9 Å². The van der Waals surface area contributed by atoms with Crippen molar-refractivity contribution >= 4 is 17.7 Å². The lowest BCUT2D eigenvalue weighted by Gasteiger charge is -2.32. The molecule has 0 aromatic carbocycles. The van der Waals surface area contributed by atoms with E-state index in [9.17, 15) is 14.4 Å². The Bertz CT molecular complexity index is 331. The maximum absolute atomic E-state index is 12.1. The number of hydrogen-bond acceptors (Lipinski definition) is 4. The monoisotopic (exact) mass is 226 g/mol. The fraction of sp³-hybridized carbons (Fsp3) is 0.700. The molecule has 88 valence electrons. The molecule has 1 N–H and O–H groups in total. The van der Waals surface area contributed by atoms with Crippen LogP contribution in [-0.2, 0) is 19.1 Å². The van der Waals surface area contributed by atoms with Crippen LogP contribution < -0.4 is 5.32 Å². The first-order valence-electron chi connectivity index (χ1n) is 5.27. The third kappa shape index (κ3) is 1.92. The first-order valence-corrected chi connectivity index (χ1v) is 5.27. The summed E-state index contributed by atoms with van der Waals surface area (Å²) in [6.45, 7) is 2.13. The maximum Gasteiger partial charge on any atom is 0.255 e. The second-order valence-electron chi connectivity index (χ2n) is 4.32. The molecule has 2 rings (SSSR count). The van der Waals surface area contributed by atoms with Gasteiger partial charge in [-0.1, -0.05) is 0 Å². The van der Waals surface area contributed by atoms with Crippen molar-refractivity contribution in [2.75, 3.05) is 19.7 Å². The summed E-state index contributed by atoms with van der Waals surface area (Å²) in [5, 5.41) is 2.15. The van der Waals surface area contributed by atoms with E-state index in [1.807, 2.05) is 0 Å². The molecule has 0 aliphatic carbocycles. The normalized spacial score (nSPS) is 30.4. The molecule has 2 heterocycles. The van der Waals surface area contributed by atoms with Gasteiger partial charge < -0.3 is 9.64 Å². The first-order chi connectivity index (χ1) is 7.51. The van der Waals surface area contributed by atoms with Crippen molar-refractivity contribution in [3.8, 4) is 0 Å². The van der Waals surface area contributed by atoms with Crippen molar-refractivity contribution in [2.24, 2.45) is 0 Å². The second-order valence-corrected chi connectivity index (χ2v) is 4.32. The summed E-state index contributed by atoms with van der Waals surface area (Å²) in [5.41, 5.74) is -0.863. The number of nitrogens with one attached hydrogen (secondary N) is 1. The summed E-state index contributed by atoms with van der Waals surface area (Å²) in [6.07, 6.45) is 1.47. The molecule has 16 heavy (non-hydrogen) atoms. The van der Waals surface area contributed by atoms with E-state index in [2.05, 4.69) is 5.32 Å². The van der Waals surface area contributed by atoms with Gasteiger partial charge in [0.2, 0.25) is 11.8 Å². The van der Waals surface area contributed by atoms with Gasteiger partial charge in [0.1, 0.15) is 18.7 Å². The third-order valence-corrected chi connectivity index (χ3v) is 2.91. The quantitative estimate of drug-likeness (QED) is 0.584. The van der Waals surface area contributed by atoms with E-state index in [-0.39, 0.29) is 19.0 Å². The molecule has 0 aromatic heterocycles. The Labute approximate surface area is 92.9 Å². The Morgan fingerprint density at radius 3 is 2.50 bits per heavy atom. The number of hydrogen-bond donors (Lipinski definition) is 1. The van der Waals surface area contributed by atoms with Gasteiger partial charge in [0, 0.05) is 6.61 Å². The van der Waals surface area contributed by atoms with E-state index in [1.165, 1.54) is 4.90 Å². The van der Waals surface area contributed by atoms with Gasteiger partial charge in [0.05, 0.1) is 0 Å². The van der Waals surface area contributed by atoms with E-state index in [4.69, 9.17) is 4.74 Å². The standard InChI is InChI=1S/C10H14N2O4/c1-10(3-2-4-16-10)9(15)12-5-7(13)11-8(14)6-12/h2-6H2,1H3,(H,11,13,14). The number of carbonyl (C=O) groups is 3. The number of piperazine rings is 1. The molecule has 0 spiro atoms. The zero-order valence-electron chi connectivity index (χ0n) is 9.12. The zero-order chi connectivity index (χ0) is 11.8. The predicted molar refractivity (Wildman–Crippen MR) is 53.3 cm³/mol. The van der Waals surface area contributed by atoms with Crippen LogP contribution in [0, 0.1) is 0 Å². The van der Waals surface area contributed by atoms with Crippen LogP contribution in [0.3, 0.4) is 0 Å². The second kappa shape index (κ2) is 3.86. The molecule has 3 amide bonds. The molecule has 2 aliphatic heterocycles. The molecule has 6 nitrogen and oxygen atoms in total. The fourth-order valence-electron chi connectivity index (χ4n) is 2.06. The van der Waals surface area contributed by atoms with Crippen LogP contribution >= 0.6 is 0 Å². The van der Waals surface area contributed by atoms with Gasteiger partial charge in [-0.2, -0.15) is 0 Å². The van der Waals surface area contributed by atoms with Gasteiger partial charge in [-0.25, -0.2) is 0 Å². The summed E-state index contributed by atoms with van der Waals surface area (Å²) in [6, 6.07) is 0. The van der Waals surface area contributed by atoms with Gasteiger partial charge >= 0.3 is 0 Å². The number of ether oxygens (including phenoxy) is 1. The van der Waals surface area contributed by atoms with Crippen molar-refractivity contribution in [1.29, 1.82) is 0 Å². The highest BCUT2D eigenvalue weighted by molar-refractivity contribution is 6.03. The minimum atomic E-state index is -0.863. The Morgan fingerprint density at radius 1 is 1.38 bits per heavy atom. The SMILES string of the molecule is CC1(C(=O)N2CC(=O)NC(=O)C2)CCCO1. The highest BCUT2D eigenvalue weighted by Crippen LogP contribution is 2.27. The van der Waals surface area contributed by atoms with Gasteiger partial charge in [-0.3, -0.25) is 19.7 Å². The maximum atomic E-state index is 12.1. The molecule has 1 unspecified atom stereocenters. The Hall–Kier alpha value is -1.43. The van der Waals surface area contributed by atoms with Gasteiger partial charge in [-0.15, -0.1) is 0 Å². The Balaban J connectivity index is 2.09. The van der Waals surface area contributed by atoms with Crippen LogP contribution in [0.5, 0.6) is 0 Å². The number of rotatable bonds is 1. The van der Waals surface area contributed by atoms with Crippen molar-refractivity contribution in [2.45, 2.75) is 25.4 Å². The van der Waals surface area contributed by atoms with E-state index >= 15 is 0 Å². The minimum absolute atomic E-state index is 0.0659. The van der Waals surface area contributed by atoms with Crippen LogP contribution in [0.15, 0.2) is 0 Å². The lowest BCUT2D eigenvalue weighted by Crippen LogP contribution is -2.58. The minimum Gasteiger partial charge on any atom is -0.365 e. The van der Waals surface area contributed by atoms with Gasteiger partial charge in [0.15, 0.2) is 0 Å². The molecular weight excluding hydrogens is 212 g/mol. The van der Waals surface area contributed by atoms with Crippen LogP contribution in [0.2, 0.25) is 0 Å². The zero-order valence-corrected chi connectivity index (χ0v) is 9.12. The van der Waals surface area contributed by atoms with E-state index in [0.717, 1.165) is 6.42 Å². The van der Waals surface area contributed by atoms with Crippen LogP contribution in [0.1, 0.15) is 19.8 Å². The molecule has 2 saturated heterocycles. The third-order valence-electron chi connectivity index (χ3n) is 2.91. The van der Waals surface area contributed by atoms with Crippen molar-refractivity contribution in [3.05, 3.63) is 0 Å². The van der Waals surface area contributed by atoms with Crippen molar-refractivity contribution < 1.29 is 19.1 Å². The highest BCUT2D eigenvalue weighted by Gasteiger charge is 2.42. The van der Waals surface area contributed by atoms with E-state index in [0.29, 0.717) is 13.0 Å². The van der Waals surface area contributed by atoms with E-state index in [1.54, 1.807) is 6.92 Å². The summed E-state index contributed by atoms with van der Waals surface area (Å²) in [4.78, 5) is 35.6. The molecule has 1 atom stereocenters. The summed E-state index contributed by atoms with van der Waals surface area (Å²) in [7, 11) is 0. The number of amides is 3. The highest BCUT2D eigenvalue weighted by atomic mass is 16.5. The first kappa shape index (κ1) is 11.1. The van der Waals surface area contributed by atoms with Gasteiger partial charge in [-0.05, 0) is 19.8 Å². The molecule has 0 bridgehead atoms. The average molecular weight is 226 g/mol. The average Bonchev–Trinajstić information content (AvgIpc) is 2.64. The predicted octanol–water partition coefficient (Wildman–Crippen LogP) is -0.959. The fourth-order valence-corrected chi connectivity index (χ4v) is 2.06. The lowest BCUT2D eigenvalue weighted by atomic mass is 10.0. The lowest BCUT2D eigenvalue weighted by molar-refractivity contribution is -0.157. The van der Waals surface area contributed by atoms with Gasteiger partial charge in [0.25, 0.3) is 5.91 Å². The number of carbonyl (C=O) groups excluding carboxylic acids is 3. The molecule has 0 radical (unpaired) electrons. The molecule has 2 fully saturated rings. The largest absolute Gasteiger partial charge is 0.365 e. The Morgan fingerprint density at radius 2 is 2.00 bits per heavy atom. The Kier molecular flexibility index (Phi) is 2.67. The van der Waals surface area contributed by atoms with Crippen molar-refractivity contribution in [1.82, 2.24) is 10.2 Å². The van der Waals surface area contributed by atoms with Crippen LogP contribution in [0.25, 0.3) is 0 Å². The molecule has 0 saturated carbocycles. The molecule has 6 heteroatoms. The number of imide groups is 1. The van der Waals surface area contributed by atoms with Crippen molar-refractivity contribution in [3.63, 3.8) is 0 Å². The number of nitrogens with zero attached hydrogens (tertiary/aromatic N) is 1. The summed E-state index contributed by atoms with van der Waals surface area (Å²) >= 11 is 0. The smallest absolute Gasteiger partial charge is 0.255 e. The molecular formula is C10H14N2O4. The summed E-state index contributed by atoms with van der Waals surface area (Å²) in [5.74, 6) is -1.15. The molecule has 0 aromatic rings. The van der Waals surface area contributed by atoms with Crippen LogP contribution in [0.4, 0.5) is 0 Å².